The second-order valence-corrected chi connectivity index (χ2v) is 6.82. The predicted octanol–water partition coefficient (Wildman–Crippen LogP) is 2.62. The van der Waals surface area contributed by atoms with Crippen LogP contribution in [0.25, 0.3) is 0 Å². The quantitative estimate of drug-likeness (QED) is 0.805. The van der Waals surface area contributed by atoms with Gasteiger partial charge in [0.05, 0.1) is 0 Å². The van der Waals surface area contributed by atoms with Crippen molar-refractivity contribution in [3.8, 4) is 0 Å². The van der Waals surface area contributed by atoms with Gasteiger partial charge in [0.2, 0.25) is 0 Å². The summed E-state index contributed by atoms with van der Waals surface area (Å²) in [5.74, 6) is -0.120. The number of amides is 1. The minimum absolute atomic E-state index is 0. The Balaban J connectivity index is 0.00000156. The molecule has 1 aliphatic heterocycles. The van der Waals surface area contributed by atoms with Gasteiger partial charge in [-0.25, -0.2) is 4.98 Å². The Labute approximate surface area is 164 Å². The minimum Gasteiger partial charge on any atom is -0.349 e. The second kappa shape index (κ2) is 10.1. The van der Waals surface area contributed by atoms with E-state index in [0.717, 1.165) is 24.5 Å². The summed E-state index contributed by atoms with van der Waals surface area (Å²) in [6, 6.07) is 8.88. The minimum atomic E-state index is -0.120. The van der Waals surface area contributed by atoms with Crippen LogP contribution in [0.3, 0.4) is 0 Å². The van der Waals surface area contributed by atoms with Crippen LogP contribution in [0.15, 0.2) is 29.6 Å². The van der Waals surface area contributed by atoms with Crippen LogP contribution < -0.4 is 11.1 Å². The third kappa shape index (κ3) is 5.39. The number of nitrogens with one attached hydrogen (secondary N) is 1. The number of halogens is 2. The molecule has 0 radical (unpaired) electrons. The Hall–Kier alpha value is -1.18. The fourth-order valence-corrected chi connectivity index (χ4v) is 3.52. The van der Waals surface area contributed by atoms with E-state index >= 15 is 0 Å². The standard InChI is InChI=1S/C17H22N4OS.2ClH/c1-12(9-19-17(22)15-11-23-16(8-18)20-15)21-7-6-13-4-2-3-5-14(13)10-21;;/h2-5,11-12H,6-10,18H2,1H3,(H,19,22);2*1H. The number of fused-ring (bicyclic) bond motifs is 1. The van der Waals surface area contributed by atoms with Crippen LogP contribution in [-0.2, 0) is 19.5 Å². The highest BCUT2D eigenvalue weighted by Crippen LogP contribution is 2.20. The number of nitrogens with two attached hydrogens (primary N) is 1. The number of aromatic nitrogens is 1. The number of carbonyl (C=O) groups excluding carboxylic acids is 1. The number of hydrogen-bond donors (Lipinski definition) is 2. The third-order valence-electron chi connectivity index (χ3n) is 4.30. The molecule has 0 saturated heterocycles. The lowest BCUT2D eigenvalue weighted by atomic mass is 9.99. The van der Waals surface area contributed by atoms with E-state index < -0.39 is 0 Å². The van der Waals surface area contributed by atoms with Crippen molar-refractivity contribution >= 4 is 42.1 Å². The van der Waals surface area contributed by atoms with E-state index in [4.69, 9.17) is 5.73 Å². The van der Waals surface area contributed by atoms with Gasteiger partial charge in [-0.2, -0.15) is 0 Å². The maximum absolute atomic E-state index is 12.1. The van der Waals surface area contributed by atoms with Crippen LogP contribution in [0.5, 0.6) is 0 Å². The van der Waals surface area contributed by atoms with Gasteiger partial charge in [-0.15, -0.1) is 36.2 Å². The summed E-state index contributed by atoms with van der Waals surface area (Å²) < 4.78 is 0. The number of rotatable bonds is 5. The molecular weight excluding hydrogens is 379 g/mol. The van der Waals surface area contributed by atoms with Crippen molar-refractivity contribution < 1.29 is 4.79 Å². The monoisotopic (exact) mass is 402 g/mol. The van der Waals surface area contributed by atoms with Gasteiger partial charge in [-0.1, -0.05) is 24.3 Å². The molecule has 2 heterocycles. The van der Waals surface area contributed by atoms with Crippen LogP contribution in [0.4, 0.5) is 0 Å². The van der Waals surface area contributed by atoms with E-state index in [9.17, 15) is 4.79 Å². The highest BCUT2D eigenvalue weighted by Gasteiger charge is 2.21. The number of carbonyl (C=O) groups is 1. The van der Waals surface area contributed by atoms with E-state index in [1.165, 1.54) is 22.5 Å². The lowest BCUT2D eigenvalue weighted by molar-refractivity contribution is 0.0928. The largest absolute Gasteiger partial charge is 0.349 e. The van der Waals surface area contributed by atoms with Crippen molar-refractivity contribution in [2.24, 2.45) is 5.73 Å². The Morgan fingerprint density at radius 2 is 2.08 bits per heavy atom. The van der Waals surface area contributed by atoms with E-state index in [2.05, 4.69) is 46.4 Å². The van der Waals surface area contributed by atoms with Crippen LogP contribution in [0, 0.1) is 0 Å². The van der Waals surface area contributed by atoms with Crippen molar-refractivity contribution in [1.82, 2.24) is 15.2 Å². The molecule has 1 aromatic heterocycles. The highest BCUT2D eigenvalue weighted by atomic mass is 35.5. The lowest BCUT2D eigenvalue weighted by Gasteiger charge is -2.33. The zero-order valence-corrected chi connectivity index (χ0v) is 16.6. The molecule has 3 N–H and O–H groups in total. The molecule has 0 spiro atoms. The third-order valence-corrected chi connectivity index (χ3v) is 5.17. The average Bonchev–Trinajstić information content (AvgIpc) is 3.08. The zero-order chi connectivity index (χ0) is 16.2. The molecule has 1 amide bonds. The van der Waals surface area contributed by atoms with Crippen molar-refractivity contribution in [3.05, 3.63) is 51.5 Å². The van der Waals surface area contributed by atoms with Gasteiger partial charge in [0.25, 0.3) is 5.91 Å². The summed E-state index contributed by atoms with van der Waals surface area (Å²) >= 11 is 1.43. The number of benzene rings is 1. The molecule has 0 aliphatic carbocycles. The summed E-state index contributed by atoms with van der Waals surface area (Å²) in [6.45, 7) is 5.13. The summed E-state index contributed by atoms with van der Waals surface area (Å²) in [5.41, 5.74) is 8.83. The van der Waals surface area contributed by atoms with Gasteiger partial charge in [0.1, 0.15) is 10.7 Å². The number of thiazole rings is 1. The Kier molecular flexibility index (Phi) is 8.82. The molecule has 1 unspecified atom stereocenters. The normalized spacial score (nSPS) is 14.6. The van der Waals surface area contributed by atoms with Gasteiger partial charge < -0.3 is 11.1 Å². The smallest absolute Gasteiger partial charge is 0.270 e. The Morgan fingerprint density at radius 1 is 1.36 bits per heavy atom. The molecule has 3 rings (SSSR count). The molecule has 5 nitrogen and oxygen atoms in total. The maximum atomic E-state index is 12.1. The van der Waals surface area contributed by atoms with Crippen molar-refractivity contribution in [1.29, 1.82) is 0 Å². The second-order valence-electron chi connectivity index (χ2n) is 5.88. The fourth-order valence-electron chi connectivity index (χ4n) is 2.86. The van der Waals surface area contributed by atoms with Crippen LogP contribution in [0.1, 0.15) is 33.5 Å². The molecular formula is C17H24Cl2N4OS. The van der Waals surface area contributed by atoms with Gasteiger partial charge >= 0.3 is 0 Å². The van der Waals surface area contributed by atoms with Crippen molar-refractivity contribution in [2.75, 3.05) is 13.1 Å². The molecule has 1 aliphatic rings. The summed E-state index contributed by atoms with van der Waals surface area (Å²) in [5, 5.41) is 5.53. The first kappa shape index (κ1) is 21.9. The van der Waals surface area contributed by atoms with E-state index in [1.54, 1.807) is 5.38 Å². The average molecular weight is 403 g/mol. The summed E-state index contributed by atoms with van der Waals surface area (Å²) in [4.78, 5) is 18.8. The maximum Gasteiger partial charge on any atom is 0.270 e. The van der Waals surface area contributed by atoms with Crippen LogP contribution in [0.2, 0.25) is 0 Å². The molecule has 8 heteroatoms. The molecule has 2 aromatic rings. The summed E-state index contributed by atoms with van der Waals surface area (Å²) in [7, 11) is 0. The van der Waals surface area contributed by atoms with E-state index in [-0.39, 0.29) is 30.7 Å². The van der Waals surface area contributed by atoms with Gasteiger partial charge in [-0.05, 0) is 24.5 Å². The predicted molar refractivity (Wildman–Crippen MR) is 107 cm³/mol. The van der Waals surface area contributed by atoms with Crippen LogP contribution >= 0.6 is 36.2 Å². The lowest BCUT2D eigenvalue weighted by Crippen LogP contribution is -2.44. The molecule has 25 heavy (non-hydrogen) atoms. The highest BCUT2D eigenvalue weighted by molar-refractivity contribution is 7.09. The topological polar surface area (TPSA) is 71.2 Å². The number of nitrogens with zero attached hydrogens (tertiary/aromatic N) is 2. The molecule has 1 aromatic carbocycles. The first-order valence-electron chi connectivity index (χ1n) is 7.91. The molecule has 0 fully saturated rings. The van der Waals surface area contributed by atoms with Gasteiger partial charge in [-0.3, -0.25) is 9.69 Å². The van der Waals surface area contributed by atoms with E-state index in [1.807, 2.05) is 0 Å². The number of hydrogen-bond acceptors (Lipinski definition) is 5. The first-order valence-corrected chi connectivity index (χ1v) is 8.79. The molecule has 0 bridgehead atoms. The molecule has 138 valence electrons. The Bertz CT molecular complexity index is 695. The van der Waals surface area contributed by atoms with Gasteiger partial charge in [0.15, 0.2) is 0 Å². The van der Waals surface area contributed by atoms with Crippen LogP contribution in [-0.4, -0.2) is 34.9 Å². The van der Waals surface area contributed by atoms with E-state index in [0.29, 0.717) is 24.8 Å². The summed E-state index contributed by atoms with van der Waals surface area (Å²) in [6.07, 6.45) is 1.07. The Morgan fingerprint density at radius 3 is 2.76 bits per heavy atom. The van der Waals surface area contributed by atoms with Crippen molar-refractivity contribution in [3.63, 3.8) is 0 Å². The van der Waals surface area contributed by atoms with Gasteiger partial charge in [0, 0.05) is 37.6 Å². The molecule has 1 atom stereocenters. The first-order chi connectivity index (χ1) is 11.2. The SMILES string of the molecule is CC(CNC(=O)c1csc(CN)n1)N1CCc2ccccc2C1.Cl.Cl. The molecule has 0 saturated carbocycles. The zero-order valence-electron chi connectivity index (χ0n) is 14.1. The van der Waals surface area contributed by atoms with Crippen molar-refractivity contribution in [2.45, 2.75) is 32.5 Å². The fraction of sp³-hybridized carbons (Fsp3) is 0.412.